The number of aryl methyl sites for hydroxylation is 2. The predicted molar refractivity (Wildman–Crippen MR) is 83.2 cm³/mol. The molecule has 1 amide bonds. The number of nitrogens with one attached hydrogen (secondary N) is 1. The van der Waals surface area contributed by atoms with E-state index in [9.17, 15) is 4.79 Å². The third kappa shape index (κ3) is 3.53. The Kier molecular flexibility index (Phi) is 4.81. The normalized spacial score (nSPS) is 9.86. The fraction of sp³-hybridized carbons (Fsp3) is 0.235. The van der Waals surface area contributed by atoms with Crippen molar-refractivity contribution in [2.45, 2.75) is 20.3 Å². The molecule has 4 nitrogen and oxygen atoms in total. The van der Waals surface area contributed by atoms with Gasteiger partial charge in [-0.15, -0.1) is 0 Å². The molecule has 0 spiro atoms. The lowest BCUT2D eigenvalue weighted by molar-refractivity contribution is 0.0996. The molecule has 0 aliphatic heterocycles. The van der Waals surface area contributed by atoms with Crippen molar-refractivity contribution in [3.63, 3.8) is 0 Å². The van der Waals surface area contributed by atoms with Gasteiger partial charge in [0.2, 0.25) is 0 Å². The molecular formula is C17H18N2O2. The Hall–Kier alpha value is -2.51. The van der Waals surface area contributed by atoms with Crippen molar-refractivity contribution < 1.29 is 9.21 Å². The lowest BCUT2D eigenvalue weighted by atomic mass is 10.1. The summed E-state index contributed by atoms with van der Waals surface area (Å²) in [4.78, 5) is 12.2. The summed E-state index contributed by atoms with van der Waals surface area (Å²) in [6.45, 7) is 4.20. The van der Waals surface area contributed by atoms with Gasteiger partial charge in [0.15, 0.2) is 5.76 Å². The van der Waals surface area contributed by atoms with Crippen LogP contribution < -0.4 is 11.1 Å². The molecule has 1 aromatic heterocycles. The van der Waals surface area contributed by atoms with Crippen LogP contribution in [0.4, 0.5) is 5.69 Å². The fourth-order valence-corrected chi connectivity index (χ4v) is 2.02. The summed E-state index contributed by atoms with van der Waals surface area (Å²) in [6.07, 6.45) is 2.31. The molecule has 0 radical (unpaired) electrons. The van der Waals surface area contributed by atoms with Crippen LogP contribution in [0.2, 0.25) is 0 Å². The average molecular weight is 282 g/mol. The molecule has 3 N–H and O–H groups in total. The van der Waals surface area contributed by atoms with E-state index in [-0.39, 0.29) is 5.91 Å². The van der Waals surface area contributed by atoms with Crippen molar-refractivity contribution in [1.29, 1.82) is 0 Å². The van der Waals surface area contributed by atoms with Gasteiger partial charge < -0.3 is 15.5 Å². The van der Waals surface area contributed by atoms with Crippen molar-refractivity contribution in [2.75, 3.05) is 11.9 Å². The van der Waals surface area contributed by atoms with Gasteiger partial charge in [-0.05, 0) is 43.2 Å². The maximum Gasteiger partial charge on any atom is 0.291 e. The van der Waals surface area contributed by atoms with E-state index in [0.717, 1.165) is 28.8 Å². The van der Waals surface area contributed by atoms with Crippen LogP contribution in [0.25, 0.3) is 0 Å². The summed E-state index contributed by atoms with van der Waals surface area (Å²) >= 11 is 0. The van der Waals surface area contributed by atoms with Gasteiger partial charge in [0.05, 0.1) is 12.8 Å². The van der Waals surface area contributed by atoms with Crippen LogP contribution in [-0.4, -0.2) is 12.5 Å². The molecule has 4 heteroatoms. The first-order chi connectivity index (χ1) is 10.2. The van der Waals surface area contributed by atoms with E-state index in [2.05, 4.69) is 17.2 Å². The number of hydrogen-bond acceptors (Lipinski definition) is 3. The van der Waals surface area contributed by atoms with E-state index < -0.39 is 0 Å². The van der Waals surface area contributed by atoms with Crippen molar-refractivity contribution in [3.8, 4) is 11.8 Å². The molecular weight excluding hydrogens is 264 g/mol. The molecule has 0 aliphatic rings. The second-order valence-electron chi connectivity index (χ2n) is 4.62. The molecule has 0 unspecified atom stereocenters. The summed E-state index contributed by atoms with van der Waals surface area (Å²) in [7, 11) is 0. The van der Waals surface area contributed by atoms with Gasteiger partial charge in [0.1, 0.15) is 0 Å². The zero-order valence-electron chi connectivity index (χ0n) is 12.2. The summed E-state index contributed by atoms with van der Waals surface area (Å²) in [6, 6.07) is 7.45. The van der Waals surface area contributed by atoms with Crippen LogP contribution in [0.15, 0.2) is 34.9 Å². The maximum absolute atomic E-state index is 12.2. The van der Waals surface area contributed by atoms with Gasteiger partial charge >= 0.3 is 0 Å². The third-order valence-electron chi connectivity index (χ3n) is 3.14. The minimum Gasteiger partial charge on any atom is -0.459 e. The van der Waals surface area contributed by atoms with Gasteiger partial charge in [0.25, 0.3) is 5.91 Å². The molecule has 0 atom stereocenters. The molecule has 1 heterocycles. The predicted octanol–water partition coefficient (Wildman–Crippen LogP) is 2.71. The summed E-state index contributed by atoms with van der Waals surface area (Å²) in [5.74, 6) is 5.91. The number of anilines is 1. The monoisotopic (exact) mass is 282 g/mol. The summed E-state index contributed by atoms with van der Waals surface area (Å²) in [5.41, 5.74) is 8.88. The number of rotatable bonds is 3. The van der Waals surface area contributed by atoms with Crippen LogP contribution in [0.5, 0.6) is 0 Å². The fourth-order valence-electron chi connectivity index (χ4n) is 2.02. The highest BCUT2D eigenvalue weighted by Gasteiger charge is 2.14. The molecule has 0 saturated heterocycles. The van der Waals surface area contributed by atoms with Crippen LogP contribution >= 0.6 is 0 Å². The zero-order valence-corrected chi connectivity index (χ0v) is 12.2. The molecule has 2 aromatic rings. The summed E-state index contributed by atoms with van der Waals surface area (Å²) in [5, 5.41) is 2.88. The lowest BCUT2D eigenvalue weighted by Crippen LogP contribution is -2.13. The first-order valence-electron chi connectivity index (χ1n) is 6.83. The Morgan fingerprint density at radius 1 is 1.38 bits per heavy atom. The van der Waals surface area contributed by atoms with Gasteiger partial charge in [-0.2, -0.15) is 0 Å². The van der Waals surface area contributed by atoms with E-state index in [1.54, 1.807) is 6.07 Å². The van der Waals surface area contributed by atoms with E-state index in [1.807, 2.05) is 32.0 Å². The van der Waals surface area contributed by atoms with E-state index in [1.165, 1.54) is 6.26 Å². The van der Waals surface area contributed by atoms with E-state index >= 15 is 0 Å². The second-order valence-corrected chi connectivity index (χ2v) is 4.62. The Bertz CT molecular complexity index is 705. The number of benzene rings is 1. The van der Waals surface area contributed by atoms with Gasteiger partial charge in [0, 0.05) is 16.8 Å². The minimum absolute atomic E-state index is 0.243. The van der Waals surface area contributed by atoms with E-state index in [0.29, 0.717) is 12.3 Å². The van der Waals surface area contributed by atoms with Crippen LogP contribution in [0.1, 0.15) is 34.2 Å². The molecule has 0 fully saturated rings. The van der Waals surface area contributed by atoms with Crippen LogP contribution in [0, 0.1) is 18.8 Å². The number of hydrogen-bond donors (Lipinski definition) is 2. The van der Waals surface area contributed by atoms with Crippen LogP contribution in [-0.2, 0) is 6.42 Å². The van der Waals surface area contributed by atoms with Gasteiger partial charge in [-0.3, -0.25) is 4.79 Å². The average Bonchev–Trinajstić information content (AvgIpc) is 2.92. The quantitative estimate of drug-likeness (QED) is 0.850. The molecule has 21 heavy (non-hydrogen) atoms. The molecule has 1 aromatic carbocycles. The van der Waals surface area contributed by atoms with Gasteiger partial charge in [-0.1, -0.05) is 18.8 Å². The smallest absolute Gasteiger partial charge is 0.291 e. The minimum atomic E-state index is -0.243. The second kappa shape index (κ2) is 6.78. The molecule has 2 rings (SSSR count). The number of carbonyl (C=O) groups is 1. The molecule has 0 saturated carbocycles. The number of nitrogens with two attached hydrogens (primary N) is 1. The van der Waals surface area contributed by atoms with Crippen molar-refractivity contribution in [2.24, 2.45) is 5.73 Å². The molecule has 0 aliphatic carbocycles. The molecule has 0 bridgehead atoms. The van der Waals surface area contributed by atoms with E-state index in [4.69, 9.17) is 10.2 Å². The zero-order chi connectivity index (χ0) is 15.2. The highest BCUT2D eigenvalue weighted by atomic mass is 16.3. The lowest BCUT2D eigenvalue weighted by Gasteiger charge is -2.10. The Morgan fingerprint density at radius 3 is 2.81 bits per heavy atom. The highest BCUT2D eigenvalue weighted by molar-refractivity contribution is 6.03. The first kappa shape index (κ1) is 14.9. The Balaban J connectivity index is 2.24. The summed E-state index contributed by atoms with van der Waals surface area (Å²) < 4.78 is 5.20. The number of carbonyl (C=O) groups excluding carboxylic acids is 1. The Morgan fingerprint density at radius 2 is 2.19 bits per heavy atom. The van der Waals surface area contributed by atoms with Crippen LogP contribution in [0.3, 0.4) is 0 Å². The van der Waals surface area contributed by atoms with Crippen molar-refractivity contribution in [3.05, 3.63) is 53.0 Å². The molecule has 108 valence electrons. The third-order valence-corrected chi connectivity index (χ3v) is 3.14. The standard InChI is InChI=1S/C17H18N2O2/c1-3-14-11-13(5-4-9-18)6-7-15(14)19-17(20)16-12(2)8-10-21-16/h6-8,10-11H,3,9,18H2,1-2H3,(H,19,20). The first-order valence-corrected chi connectivity index (χ1v) is 6.83. The van der Waals surface area contributed by atoms with Crippen molar-refractivity contribution >= 4 is 11.6 Å². The Labute approximate surface area is 124 Å². The van der Waals surface area contributed by atoms with Crippen molar-refractivity contribution in [1.82, 2.24) is 0 Å². The largest absolute Gasteiger partial charge is 0.459 e. The number of amides is 1. The SMILES string of the molecule is CCc1cc(C#CCN)ccc1NC(=O)c1occc1C. The highest BCUT2D eigenvalue weighted by Crippen LogP contribution is 2.20. The maximum atomic E-state index is 12.2. The topological polar surface area (TPSA) is 68.3 Å². The number of furan rings is 1. The van der Waals surface area contributed by atoms with Gasteiger partial charge in [-0.25, -0.2) is 0 Å².